The van der Waals surface area contributed by atoms with Crippen LogP contribution in [0.2, 0.25) is 0 Å². The fourth-order valence-electron chi connectivity index (χ4n) is 3.98. The Labute approximate surface area is 195 Å². The molecule has 0 bridgehead atoms. The molecule has 0 amide bonds. The Balaban J connectivity index is 0.00000300. The molecule has 1 saturated heterocycles. The minimum atomic E-state index is -0.254. The third-order valence-corrected chi connectivity index (χ3v) is 6.73. The lowest BCUT2D eigenvalue weighted by Gasteiger charge is -2.31. The predicted octanol–water partition coefficient (Wildman–Crippen LogP) is 3.74. The topological polar surface area (TPSA) is 59.9 Å². The van der Waals surface area contributed by atoms with Gasteiger partial charge in [0.2, 0.25) is 0 Å². The minimum absolute atomic E-state index is 0. The maximum atomic E-state index is 14.6. The Bertz CT molecular complexity index is 670. The summed E-state index contributed by atoms with van der Waals surface area (Å²) in [6.45, 7) is 4.70. The smallest absolute Gasteiger partial charge is 0.191 e. The number of nitrogens with zero attached hydrogens (tertiary/aromatic N) is 2. The van der Waals surface area contributed by atoms with Crippen molar-refractivity contribution < 1.29 is 9.50 Å². The second-order valence-corrected chi connectivity index (χ2v) is 8.85. The second-order valence-electron chi connectivity index (χ2n) is 7.71. The molecule has 2 atom stereocenters. The van der Waals surface area contributed by atoms with Crippen molar-refractivity contribution in [3.8, 4) is 0 Å². The van der Waals surface area contributed by atoms with E-state index in [2.05, 4.69) is 28.8 Å². The molecule has 1 saturated carbocycles. The molecule has 2 fully saturated rings. The van der Waals surface area contributed by atoms with Gasteiger partial charge >= 0.3 is 0 Å². The highest BCUT2D eigenvalue weighted by molar-refractivity contribution is 14.0. The van der Waals surface area contributed by atoms with Gasteiger partial charge in [0.25, 0.3) is 0 Å². The van der Waals surface area contributed by atoms with Crippen molar-refractivity contribution in [1.82, 2.24) is 10.6 Å². The van der Waals surface area contributed by atoms with Gasteiger partial charge in [-0.05, 0) is 63.0 Å². The summed E-state index contributed by atoms with van der Waals surface area (Å²) < 4.78 is 14.6. The maximum absolute atomic E-state index is 14.6. The first-order chi connectivity index (χ1) is 13.6. The van der Waals surface area contributed by atoms with Gasteiger partial charge in [-0.2, -0.15) is 11.8 Å². The van der Waals surface area contributed by atoms with Gasteiger partial charge in [0.05, 0.1) is 18.3 Å². The number of nitrogens with one attached hydrogen (secondary N) is 2. The lowest BCUT2D eigenvalue weighted by molar-refractivity contribution is 0.145. The van der Waals surface area contributed by atoms with E-state index < -0.39 is 0 Å². The van der Waals surface area contributed by atoms with E-state index in [-0.39, 0.29) is 35.9 Å². The number of hydrogen-bond acceptors (Lipinski definition) is 4. The van der Waals surface area contributed by atoms with Crippen LogP contribution in [0.25, 0.3) is 0 Å². The van der Waals surface area contributed by atoms with E-state index in [1.54, 1.807) is 6.07 Å². The number of aliphatic hydroxyl groups excluding tert-OH is 1. The SMILES string of the molecule is CCNC(=NCc1ccc(N2CCC(O)CC2)c(F)c1)NC1CCC(SC)C1.I. The molecule has 0 aromatic heterocycles. The van der Waals surface area contributed by atoms with Crippen LogP contribution in [0.15, 0.2) is 23.2 Å². The van der Waals surface area contributed by atoms with Crippen LogP contribution in [-0.4, -0.2) is 54.4 Å². The molecule has 3 N–H and O–H groups in total. The number of benzene rings is 1. The summed E-state index contributed by atoms with van der Waals surface area (Å²) in [7, 11) is 0. The van der Waals surface area contributed by atoms with E-state index >= 15 is 0 Å². The number of aliphatic imine (C=N–C) groups is 1. The van der Waals surface area contributed by atoms with Crippen LogP contribution < -0.4 is 15.5 Å². The van der Waals surface area contributed by atoms with Crippen LogP contribution >= 0.6 is 35.7 Å². The van der Waals surface area contributed by atoms with Gasteiger partial charge in [-0.25, -0.2) is 9.38 Å². The first kappa shape index (κ1) is 24.5. The van der Waals surface area contributed by atoms with Crippen LogP contribution in [0.5, 0.6) is 0 Å². The molecule has 2 aliphatic rings. The zero-order chi connectivity index (χ0) is 19.9. The summed E-state index contributed by atoms with van der Waals surface area (Å²) in [4.78, 5) is 6.68. The van der Waals surface area contributed by atoms with Gasteiger partial charge in [-0.3, -0.25) is 0 Å². The molecule has 1 aromatic rings. The highest BCUT2D eigenvalue weighted by Gasteiger charge is 2.24. The van der Waals surface area contributed by atoms with Gasteiger partial charge in [0.15, 0.2) is 5.96 Å². The van der Waals surface area contributed by atoms with E-state index in [1.165, 1.54) is 19.3 Å². The average molecular weight is 536 g/mol. The van der Waals surface area contributed by atoms with Crippen molar-refractivity contribution in [1.29, 1.82) is 0 Å². The van der Waals surface area contributed by atoms with E-state index in [0.29, 0.717) is 44.2 Å². The minimum Gasteiger partial charge on any atom is -0.393 e. The quantitative estimate of drug-likeness (QED) is 0.294. The molecule has 1 aliphatic carbocycles. The van der Waals surface area contributed by atoms with Gasteiger partial charge in [0, 0.05) is 30.9 Å². The molecule has 0 spiro atoms. The Morgan fingerprint density at radius 1 is 1.28 bits per heavy atom. The monoisotopic (exact) mass is 536 g/mol. The molecule has 3 rings (SSSR count). The van der Waals surface area contributed by atoms with Crippen molar-refractivity contribution in [2.75, 3.05) is 30.8 Å². The molecular formula is C21H34FIN4OS. The lowest BCUT2D eigenvalue weighted by Crippen LogP contribution is -2.42. The number of thioether (sulfide) groups is 1. The number of rotatable bonds is 6. The van der Waals surface area contributed by atoms with Gasteiger partial charge in [-0.1, -0.05) is 6.07 Å². The van der Waals surface area contributed by atoms with Gasteiger partial charge in [-0.15, -0.1) is 24.0 Å². The number of hydrogen-bond donors (Lipinski definition) is 3. The van der Waals surface area contributed by atoms with Crippen LogP contribution in [0.4, 0.5) is 10.1 Å². The number of halogens is 2. The Kier molecular flexibility index (Phi) is 10.3. The molecule has 1 heterocycles. The molecule has 29 heavy (non-hydrogen) atoms. The number of guanidine groups is 1. The van der Waals surface area contributed by atoms with Crippen molar-refractivity contribution in [2.45, 2.75) is 63.0 Å². The van der Waals surface area contributed by atoms with E-state index in [9.17, 15) is 9.50 Å². The summed E-state index contributed by atoms with van der Waals surface area (Å²) in [5.74, 6) is 0.601. The Hall–Kier alpha value is -0.740. The van der Waals surface area contributed by atoms with Crippen molar-refractivity contribution in [3.63, 3.8) is 0 Å². The first-order valence-electron chi connectivity index (χ1n) is 10.4. The number of anilines is 1. The number of aliphatic hydroxyl groups is 1. The van der Waals surface area contributed by atoms with Gasteiger partial charge < -0.3 is 20.6 Å². The Morgan fingerprint density at radius 3 is 2.66 bits per heavy atom. The third-order valence-electron chi connectivity index (χ3n) is 5.64. The Morgan fingerprint density at radius 2 is 2.03 bits per heavy atom. The zero-order valence-electron chi connectivity index (χ0n) is 17.4. The van der Waals surface area contributed by atoms with Crippen LogP contribution in [0, 0.1) is 5.82 Å². The summed E-state index contributed by atoms with van der Waals surface area (Å²) in [5.41, 5.74) is 1.49. The molecule has 1 aliphatic heterocycles. The molecule has 8 heteroatoms. The maximum Gasteiger partial charge on any atom is 0.191 e. The zero-order valence-corrected chi connectivity index (χ0v) is 20.5. The van der Waals surface area contributed by atoms with Crippen LogP contribution in [0.3, 0.4) is 0 Å². The predicted molar refractivity (Wildman–Crippen MR) is 132 cm³/mol. The summed E-state index contributed by atoms with van der Waals surface area (Å²) in [5, 5.41) is 17.2. The first-order valence-corrected chi connectivity index (χ1v) is 11.7. The third kappa shape index (κ3) is 7.17. The van der Waals surface area contributed by atoms with Crippen molar-refractivity contribution in [3.05, 3.63) is 29.6 Å². The van der Waals surface area contributed by atoms with E-state index in [1.807, 2.05) is 28.8 Å². The lowest BCUT2D eigenvalue weighted by atomic mass is 10.1. The van der Waals surface area contributed by atoms with Crippen LogP contribution in [-0.2, 0) is 6.54 Å². The number of piperidine rings is 1. The molecule has 164 valence electrons. The largest absolute Gasteiger partial charge is 0.393 e. The normalized spacial score (nSPS) is 23.0. The molecule has 2 unspecified atom stereocenters. The molecular weight excluding hydrogens is 502 g/mol. The summed E-state index contributed by atoms with van der Waals surface area (Å²) >= 11 is 1.94. The van der Waals surface area contributed by atoms with Crippen molar-refractivity contribution >= 4 is 47.4 Å². The summed E-state index contributed by atoms with van der Waals surface area (Å²) in [6, 6.07) is 5.85. The molecule has 0 radical (unpaired) electrons. The van der Waals surface area contributed by atoms with Crippen molar-refractivity contribution in [2.24, 2.45) is 4.99 Å². The van der Waals surface area contributed by atoms with E-state index in [0.717, 1.165) is 23.3 Å². The fourth-order valence-corrected chi connectivity index (χ4v) is 4.78. The van der Waals surface area contributed by atoms with Crippen LogP contribution in [0.1, 0.15) is 44.6 Å². The average Bonchev–Trinajstić information content (AvgIpc) is 3.15. The second kappa shape index (κ2) is 12.2. The standard InChI is InChI=1S/C21H33FN4OS.HI/c1-3-23-21(25-16-5-6-18(13-16)28-2)24-14-15-4-7-20(19(22)12-15)26-10-8-17(27)9-11-26;/h4,7,12,16-18,27H,3,5-6,8-11,13-14H2,1-2H3,(H2,23,24,25);1H. The van der Waals surface area contributed by atoms with Gasteiger partial charge in [0.1, 0.15) is 5.82 Å². The highest BCUT2D eigenvalue weighted by atomic mass is 127. The highest BCUT2D eigenvalue weighted by Crippen LogP contribution is 2.28. The summed E-state index contributed by atoms with van der Waals surface area (Å²) in [6.07, 6.45) is 6.90. The van der Waals surface area contributed by atoms with E-state index in [4.69, 9.17) is 0 Å². The fraction of sp³-hybridized carbons (Fsp3) is 0.667. The molecule has 5 nitrogen and oxygen atoms in total. The molecule has 1 aromatic carbocycles.